The molecule has 5 heteroatoms. The van der Waals surface area contributed by atoms with E-state index in [9.17, 15) is 4.79 Å². The molecular weight excluding hydrogens is 360 g/mol. The monoisotopic (exact) mass is 394 g/mol. The molecule has 1 amide bonds. The summed E-state index contributed by atoms with van der Waals surface area (Å²) in [4.78, 5) is 17.5. The topological polar surface area (TPSA) is 41.4 Å². The normalized spacial score (nSPS) is 22.4. The van der Waals surface area contributed by atoms with Gasteiger partial charge in [-0.15, -0.1) is 0 Å². The molecule has 0 unspecified atom stereocenters. The molecule has 1 aromatic heterocycles. The maximum absolute atomic E-state index is 12.7. The highest BCUT2D eigenvalue weighted by molar-refractivity contribution is 5.76. The summed E-state index contributed by atoms with van der Waals surface area (Å²) in [5.41, 5.74) is 2.91. The van der Waals surface area contributed by atoms with Gasteiger partial charge in [-0.1, -0.05) is 30.3 Å². The Kier molecular flexibility index (Phi) is 6.34. The molecule has 156 valence electrons. The van der Waals surface area contributed by atoms with Crippen LogP contribution in [-0.4, -0.2) is 58.2 Å². The molecule has 0 saturated carbocycles. The molecule has 2 saturated heterocycles. The minimum atomic E-state index is 0.312. The molecule has 0 aliphatic carbocycles. The number of aromatic nitrogens is 2. The molecular formula is C24H34N4O. The minimum Gasteiger partial charge on any atom is -0.342 e. The molecule has 5 nitrogen and oxygen atoms in total. The van der Waals surface area contributed by atoms with Gasteiger partial charge in [0.05, 0.1) is 6.20 Å². The standard InChI is InChI=1S/C24H34N4O/c1-26-18-22(17-25-26)10-11-23(29)28-16-13-24(20-28)12-6-15-27(19-24)14-5-9-21-7-3-2-4-8-21/h2-4,7-8,17-18H,5-6,9-16,19-20H2,1H3/t24-/m1/s1. The first kappa shape index (κ1) is 20.1. The van der Waals surface area contributed by atoms with Crippen LogP contribution in [-0.2, 0) is 24.7 Å². The zero-order valence-electron chi connectivity index (χ0n) is 17.7. The van der Waals surface area contributed by atoms with Crippen LogP contribution in [0.5, 0.6) is 0 Å². The molecule has 1 spiro atoms. The van der Waals surface area contributed by atoms with Gasteiger partial charge in [-0.2, -0.15) is 5.10 Å². The number of carbonyl (C=O) groups is 1. The third kappa shape index (κ3) is 5.27. The molecule has 1 aromatic carbocycles. The Morgan fingerprint density at radius 3 is 2.72 bits per heavy atom. The second kappa shape index (κ2) is 9.12. The van der Waals surface area contributed by atoms with Crippen molar-refractivity contribution < 1.29 is 4.79 Å². The average molecular weight is 395 g/mol. The highest BCUT2D eigenvalue weighted by Gasteiger charge is 2.42. The number of rotatable bonds is 7. The Morgan fingerprint density at radius 1 is 1.07 bits per heavy atom. The summed E-state index contributed by atoms with van der Waals surface area (Å²) in [6, 6.07) is 10.8. The van der Waals surface area contributed by atoms with E-state index in [0.717, 1.165) is 38.0 Å². The Morgan fingerprint density at radius 2 is 1.93 bits per heavy atom. The lowest BCUT2D eigenvalue weighted by Crippen LogP contribution is -2.45. The van der Waals surface area contributed by atoms with Crippen molar-refractivity contribution in [3.63, 3.8) is 0 Å². The van der Waals surface area contributed by atoms with Crippen molar-refractivity contribution in [2.24, 2.45) is 12.5 Å². The molecule has 3 heterocycles. The summed E-state index contributed by atoms with van der Waals surface area (Å²) < 4.78 is 1.80. The number of hydrogen-bond acceptors (Lipinski definition) is 3. The molecule has 29 heavy (non-hydrogen) atoms. The van der Waals surface area contributed by atoms with Gasteiger partial charge in [0, 0.05) is 44.7 Å². The quantitative estimate of drug-likeness (QED) is 0.724. The van der Waals surface area contributed by atoms with Crippen LogP contribution in [0.15, 0.2) is 42.7 Å². The van der Waals surface area contributed by atoms with Crippen molar-refractivity contribution in [2.45, 2.75) is 44.9 Å². The van der Waals surface area contributed by atoms with Gasteiger partial charge < -0.3 is 9.80 Å². The lowest BCUT2D eigenvalue weighted by atomic mass is 9.79. The van der Waals surface area contributed by atoms with E-state index in [0.29, 0.717) is 17.7 Å². The van der Waals surface area contributed by atoms with Gasteiger partial charge >= 0.3 is 0 Å². The Labute approximate surface area is 174 Å². The van der Waals surface area contributed by atoms with Crippen LogP contribution in [0.2, 0.25) is 0 Å². The van der Waals surface area contributed by atoms with Crippen LogP contribution >= 0.6 is 0 Å². The average Bonchev–Trinajstić information content (AvgIpc) is 3.33. The third-order valence-corrected chi connectivity index (χ3v) is 6.70. The molecule has 4 rings (SSSR count). The number of amides is 1. The molecule has 2 aliphatic rings. The second-order valence-corrected chi connectivity index (χ2v) is 9.06. The highest BCUT2D eigenvalue weighted by Crippen LogP contribution is 2.39. The van der Waals surface area contributed by atoms with Crippen molar-refractivity contribution in [1.82, 2.24) is 19.6 Å². The Hall–Kier alpha value is -2.14. The van der Waals surface area contributed by atoms with E-state index >= 15 is 0 Å². The summed E-state index contributed by atoms with van der Waals surface area (Å²) >= 11 is 0. The van der Waals surface area contributed by atoms with Crippen LogP contribution in [0.4, 0.5) is 0 Å². The van der Waals surface area contributed by atoms with Crippen molar-refractivity contribution in [3.05, 3.63) is 53.9 Å². The smallest absolute Gasteiger partial charge is 0.222 e. The van der Waals surface area contributed by atoms with E-state index in [1.807, 2.05) is 19.4 Å². The number of hydrogen-bond donors (Lipinski definition) is 0. The molecule has 0 radical (unpaired) electrons. The van der Waals surface area contributed by atoms with Crippen molar-refractivity contribution >= 4 is 5.91 Å². The van der Waals surface area contributed by atoms with Crippen LogP contribution in [0, 0.1) is 5.41 Å². The lowest BCUT2D eigenvalue weighted by molar-refractivity contribution is -0.130. The number of aryl methyl sites for hydroxylation is 3. The van der Waals surface area contributed by atoms with Crippen molar-refractivity contribution in [1.29, 1.82) is 0 Å². The fourth-order valence-corrected chi connectivity index (χ4v) is 5.14. The number of benzene rings is 1. The molecule has 0 bridgehead atoms. The first-order valence-corrected chi connectivity index (χ1v) is 11.1. The first-order chi connectivity index (χ1) is 14.1. The van der Waals surface area contributed by atoms with E-state index in [1.165, 1.54) is 44.3 Å². The molecule has 2 aliphatic heterocycles. The summed E-state index contributed by atoms with van der Waals surface area (Å²) in [6.07, 6.45) is 11.3. The first-order valence-electron chi connectivity index (χ1n) is 11.1. The van der Waals surface area contributed by atoms with E-state index in [2.05, 4.69) is 45.2 Å². The van der Waals surface area contributed by atoms with Gasteiger partial charge in [0.25, 0.3) is 0 Å². The Balaban J connectivity index is 1.23. The summed E-state index contributed by atoms with van der Waals surface area (Å²) in [5, 5.41) is 4.20. The van der Waals surface area contributed by atoms with Crippen LogP contribution < -0.4 is 0 Å². The SMILES string of the molecule is Cn1cc(CCC(=O)N2CC[C@@]3(CCCN(CCCc4ccccc4)C3)C2)cn1. The summed E-state index contributed by atoms with van der Waals surface area (Å²) in [5.74, 6) is 0.312. The largest absolute Gasteiger partial charge is 0.342 e. The minimum absolute atomic E-state index is 0.312. The van der Waals surface area contributed by atoms with Crippen molar-refractivity contribution in [3.8, 4) is 0 Å². The third-order valence-electron chi connectivity index (χ3n) is 6.70. The zero-order valence-corrected chi connectivity index (χ0v) is 17.7. The van der Waals surface area contributed by atoms with Crippen LogP contribution in [0.3, 0.4) is 0 Å². The predicted octanol–water partition coefficient (Wildman–Crippen LogP) is 3.30. The molecule has 0 N–H and O–H groups in total. The van der Waals surface area contributed by atoms with E-state index < -0.39 is 0 Å². The van der Waals surface area contributed by atoms with Gasteiger partial charge in [-0.25, -0.2) is 0 Å². The van der Waals surface area contributed by atoms with Gasteiger partial charge in [0.2, 0.25) is 5.91 Å². The molecule has 2 fully saturated rings. The second-order valence-electron chi connectivity index (χ2n) is 9.06. The van der Waals surface area contributed by atoms with Crippen LogP contribution in [0.1, 0.15) is 43.2 Å². The van der Waals surface area contributed by atoms with Gasteiger partial charge in [0.1, 0.15) is 0 Å². The number of nitrogens with zero attached hydrogens (tertiary/aromatic N) is 4. The number of piperidine rings is 1. The number of likely N-dealkylation sites (tertiary alicyclic amines) is 2. The number of carbonyl (C=O) groups excluding carboxylic acids is 1. The van der Waals surface area contributed by atoms with Gasteiger partial charge in [-0.3, -0.25) is 9.48 Å². The molecule has 2 aromatic rings. The van der Waals surface area contributed by atoms with Gasteiger partial charge in [0.15, 0.2) is 0 Å². The van der Waals surface area contributed by atoms with E-state index in [4.69, 9.17) is 0 Å². The zero-order chi connectivity index (χ0) is 20.1. The van der Waals surface area contributed by atoms with E-state index in [-0.39, 0.29) is 0 Å². The fourth-order valence-electron chi connectivity index (χ4n) is 5.14. The van der Waals surface area contributed by atoms with E-state index in [1.54, 1.807) is 4.68 Å². The highest BCUT2D eigenvalue weighted by atomic mass is 16.2. The van der Waals surface area contributed by atoms with Crippen LogP contribution in [0.25, 0.3) is 0 Å². The summed E-state index contributed by atoms with van der Waals surface area (Å²) in [6.45, 7) is 5.43. The lowest BCUT2D eigenvalue weighted by Gasteiger charge is -2.40. The van der Waals surface area contributed by atoms with Crippen molar-refractivity contribution in [2.75, 3.05) is 32.7 Å². The fraction of sp³-hybridized carbons (Fsp3) is 0.583. The molecule has 1 atom stereocenters. The summed E-state index contributed by atoms with van der Waals surface area (Å²) in [7, 11) is 1.92. The Bertz CT molecular complexity index is 802. The predicted molar refractivity (Wildman–Crippen MR) is 116 cm³/mol. The van der Waals surface area contributed by atoms with Gasteiger partial charge in [-0.05, 0) is 62.7 Å². The maximum Gasteiger partial charge on any atom is 0.222 e. The maximum atomic E-state index is 12.7.